The van der Waals surface area contributed by atoms with Gasteiger partial charge in [0.15, 0.2) is 0 Å². The first-order valence-electron chi connectivity index (χ1n) is 5.77. The van der Waals surface area contributed by atoms with E-state index in [1.54, 1.807) is 24.3 Å². The van der Waals surface area contributed by atoms with Crippen LogP contribution in [0.5, 0.6) is 0 Å². The van der Waals surface area contributed by atoms with Gasteiger partial charge in [0.05, 0.1) is 11.1 Å². The number of halogens is 1. The van der Waals surface area contributed by atoms with Crippen LogP contribution in [0.3, 0.4) is 0 Å². The fraction of sp³-hybridized carbons (Fsp3) is 0. The Morgan fingerprint density at radius 2 is 1.80 bits per heavy atom. The molecule has 104 valence electrons. The molecule has 0 spiro atoms. The lowest BCUT2D eigenvalue weighted by Crippen LogP contribution is -2.10. The molecule has 2 aromatic carbocycles. The second-order valence-corrected chi connectivity index (χ2v) is 5.67. The summed E-state index contributed by atoms with van der Waals surface area (Å²) in [6, 6.07) is 12.6. The molecule has 0 aliphatic rings. The monoisotopic (exact) mass is 292 g/mol. The van der Waals surface area contributed by atoms with Crippen molar-refractivity contribution in [2.75, 3.05) is 10.5 Å². The van der Waals surface area contributed by atoms with Crippen LogP contribution in [0.1, 0.15) is 5.56 Å². The fourth-order valence-corrected chi connectivity index (χ4v) is 2.41. The molecule has 0 saturated carbocycles. The Balaban J connectivity index is 2.19. The zero-order chi connectivity index (χ0) is 14.6. The van der Waals surface area contributed by atoms with Crippen LogP contribution in [0.25, 0.3) is 6.08 Å². The van der Waals surface area contributed by atoms with E-state index in [1.807, 2.05) is 6.07 Å². The number of anilines is 2. The molecule has 0 aliphatic carbocycles. The molecule has 0 atom stereocenters. The standard InChI is InChI=1S/C14H13FN2O2S/c15-13-7-6-12(16)10-14(13)17-20(18,19)9-8-11-4-2-1-3-5-11/h1-10,17H,16H2. The highest BCUT2D eigenvalue weighted by Crippen LogP contribution is 2.19. The molecule has 2 aromatic rings. The molecular formula is C14H13FN2O2S. The number of benzene rings is 2. The molecule has 6 heteroatoms. The summed E-state index contributed by atoms with van der Waals surface area (Å²) in [6.45, 7) is 0. The van der Waals surface area contributed by atoms with Crippen LogP contribution < -0.4 is 10.5 Å². The Hall–Kier alpha value is -2.34. The van der Waals surface area contributed by atoms with Gasteiger partial charge in [-0.25, -0.2) is 12.8 Å². The third-order valence-electron chi connectivity index (χ3n) is 2.48. The quantitative estimate of drug-likeness (QED) is 0.851. The number of rotatable bonds is 4. The number of sulfonamides is 1. The van der Waals surface area contributed by atoms with Gasteiger partial charge in [-0.15, -0.1) is 0 Å². The van der Waals surface area contributed by atoms with Gasteiger partial charge < -0.3 is 5.73 Å². The van der Waals surface area contributed by atoms with E-state index in [4.69, 9.17) is 5.73 Å². The highest BCUT2D eigenvalue weighted by atomic mass is 32.2. The average Bonchev–Trinajstić information content (AvgIpc) is 2.42. The number of hydrogen-bond acceptors (Lipinski definition) is 3. The van der Waals surface area contributed by atoms with Gasteiger partial charge in [-0.05, 0) is 29.8 Å². The van der Waals surface area contributed by atoms with E-state index in [1.165, 1.54) is 18.2 Å². The molecule has 0 radical (unpaired) electrons. The highest BCUT2D eigenvalue weighted by Gasteiger charge is 2.10. The lowest BCUT2D eigenvalue weighted by Gasteiger charge is -2.06. The van der Waals surface area contributed by atoms with Gasteiger partial charge in [0.25, 0.3) is 10.0 Å². The molecule has 0 unspecified atom stereocenters. The smallest absolute Gasteiger partial charge is 0.255 e. The SMILES string of the molecule is Nc1ccc(F)c(NS(=O)(=O)C=Cc2ccccc2)c1. The van der Waals surface area contributed by atoms with Gasteiger partial charge in [-0.2, -0.15) is 0 Å². The minimum absolute atomic E-state index is 0.178. The van der Waals surface area contributed by atoms with Gasteiger partial charge in [0.1, 0.15) is 5.82 Å². The van der Waals surface area contributed by atoms with Crippen molar-refractivity contribution in [2.24, 2.45) is 0 Å². The van der Waals surface area contributed by atoms with Crippen LogP contribution in [0, 0.1) is 5.82 Å². The second-order valence-electron chi connectivity index (χ2n) is 4.10. The molecule has 2 rings (SSSR count). The maximum Gasteiger partial charge on any atom is 0.255 e. The van der Waals surface area contributed by atoms with E-state index in [-0.39, 0.29) is 11.4 Å². The molecule has 0 heterocycles. The molecule has 0 saturated heterocycles. The van der Waals surface area contributed by atoms with Crippen LogP contribution in [-0.4, -0.2) is 8.42 Å². The summed E-state index contributed by atoms with van der Waals surface area (Å²) < 4.78 is 39.2. The molecule has 0 amide bonds. The highest BCUT2D eigenvalue weighted by molar-refractivity contribution is 7.95. The van der Waals surface area contributed by atoms with E-state index >= 15 is 0 Å². The molecule has 4 nitrogen and oxygen atoms in total. The summed E-state index contributed by atoms with van der Waals surface area (Å²) in [6.07, 6.45) is 1.42. The normalized spacial score (nSPS) is 11.7. The molecular weight excluding hydrogens is 279 g/mol. The van der Waals surface area contributed by atoms with E-state index in [2.05, 4.69) is 4.72 Å². The van der Waals surface area contributed by atoms with Gasteiger partial charge in [0, 0.05) is 5.69 Å². The van der Waals surface area contributed by atoms with Crippen molar-refractivity contribution in [3.63, 3.8) is 0 Å². The van der Waals surface area contributed by atoms with Crippen LogP contribution in [0.15, 0.2) is 53.9 Å². The van der Waals surface area contributed by atoms with Crippen LogP contribution >= 0.6 is 0 Å². The van der Waals surface area contributed by atoms with Crippen molar-refractivity contribution in [3.05, 3.63) is 65.3 Å². The van der Waals surface area contributed by atoms with Crippen molar-refractivity contribution in [2.45, 2.75) is 0 Å². The van der Waals surface area contributed by atoms with Crippen molar-refractivity contribution in [1.82, 2.24) is 0 Å². The Morgan fingerprint density at radius 3 is 2.50 bits per heavy atom. The Bertz CT molecular complexity index is 728. The van der Waals surface area contributed by atoms with Crippen molar-refractivity contribution < 1.29 is 12.8 Å². The second kappa shape index (κ2) is 5.75. The van der Waals surface area contributed by atoms with Crippen LogP contribution in [-0.2, 0) is 10.0 Å². The maximum absolute atomic E-state index is 13.5. The summed E-state index contributed by atoms with van der Waals surface area (Å²) in [5.74, 6) is -0.684. The summed E-state index contributed by atoms with van der Waals surface area (Å²) in [5.41, 5.74) is 6.32. The Labute approximate surface area is 116 Å². The van der Waals surface area contributed by atoms with E-state index < -0.39 is 15.8 Å². The lowest BCUT2D eigenvalue weighted by atomic mass is 10.2. The Morgan fingerprint density at radius 1 is 1.10 bits per heavy atom. The molecule has 0 aliphatic heterocycles. The predicted octanol–water partition coefficient (Wildman–Crippen LogP) is 2.82. The minimum Gasteiger partial charge on any atom is -0.399 e. The number of hydrogen-bond donors (Lipinski definition) is 2. The lowest BCUT2D eigenvalue weighted by molar-refractivity contribution is 0.606. The summed E-state index contributed by atoms with van der Waals surface area (Å²) in [5, 5.41) is 0.977. The number of nitrogens with two attached hydrogens (primary N) is 1. The largest absolute Gasteiger partial charge is 0.399 e. The van der Waals surface area contributed by atoms with E-state index in [0.717, 1.165) is 17.0 Å². The van der Waals surface area contributed by atoms with Crippen molar-refractivity contribution >= 4 is 27.5 Å². The molecule has 0 fully saturated rings. The first-order chi connectivity index (χ1) is 9.46. The summed E-state index contributed by atoms with van der Waals surface area (Å²) in [4.78, 5) is 0. The van der Waals surface area contributed by atoms with Gasteiger partial charge in [-0.1, -0.05) is 30.3 Å². The van der Waals surface area contributed by atoms with Gasteiger partial charge in [0.2, 0.25) is 0 Å². The zero-order valence-corrected chi connectivity index (χ0v) is 11.3. The van der Waals surface area contributed by atoms with E-state index in [0.29, 0.717) is 0 Å². The van der Waals surface area contributed by atoms with Crippen molar-refractivity contribution in [3.8, 4) is 0 Å². The van der Waals surface area contributed by atoms with Crippen molar-refractivity contribution in [1.29, 1.82) is 0 Å². The third-order valence-corrected chi connectivity index (χ3v) is 3.48. The third kappa shape index (κ3) is 3.83. The molecule has 0 bridgehead atoms. The molecule has 20 heavy (non-hydrogen) atoms. The first kappa shape index (κ1) is 14.1. The maximum atomic E-state index is 13.5. The van der Waals surface area contributed by atoms with Gasteiger partial charge in [-0.3, -0.25) is 4.72 Å². The number of nitrogen functional groups attached to an aromatic ring is 1. The first-order valence-corrected chi connectivity index (χ1v) is 7.32. The van der Waals surface area contributed by atoms with E-state index in [9.17, 15) is 12.8 Å². The Kier molecular flexibility index (Phi) is 4.05. The average molecular weight is 292 g/mol. The molecule has 0 aromatic heterocycles. The predicted molar refractivity (Wildman–Crippen MR) is 78.8 cm³/mol. The van der Waals surface area contributed by atoms with Crippen LogP contribution in [0.4, 0.5) is 15.8 Å². The fourth-order valence-electron chi connectivity index (χ4n) is 1.54. The molecule has 3 N–H and O–H groups in total. The summed E-state index contributed by atoms with van der Waals surface area (Å²) in [7, 11) is -3.80. The number of nitrogens with one attached hydrogen (secondary N) is 1. The summed E-state index contributed by atoms with van der Waals surface area (Å²) >= 11 is 0. The minimum atomic E-state index is -3.80. The zero-order valence-electron chi connectivity index (χ0n) is 10.5. The van der Waals surface area contributed by atoms with Gasteiger partial charge >= 0.3 is 0 Å². The van der Waals surface area contributed by atoms with Crippen LogP contribution in [0.2, 0.25) is 0 Å². The topological polar surface area (TPSA) is 72.2 Å².